The van der Waals surface area contributed by atoms with Gasteiger partial charge in [-0.2, -0.15) is 0 Å². The number of hydrogen-bond acceptors (Lipinski definition) is 2. The molecular weight excluding hydrogens is 285 g/mol. The second-order valence-corrected chi connectivity index (χ2v) is 5.84. The molecular formula is C14H18Cl2NO2+. The predicted octanol–water partition coefficient (Wildman–Crippen LogP) is 2.22. The number of rotatable bonds is 4. The highest BCUT2D eigenvalue weighted by Crippen LogP contribution is 2.21. The number of benzene rings is 1. The monoisotopic (exact) mass is 302 g/mol. The first-order valence-electron chi connectivity index (χ1n) is 6.56. The van der Waals surface area contributed by atoms with Crippen LogP contribution in [0.15, 0.2) is 18.2 Å². The summed E-state index contributed by atoms with van der Waals surface area (Å²) in [6.45, 7) is 5.12. The summed E-state index contributed by atoms with van der Waals surface area (Å²) < 4.78 is 5.43. The standard InChI is InChI=1S/C14H17Cl2NO2/c1-10(9-17-6-2-3-7-17)19-14(18)12-5-4-11(15)8-13(12)16/h4-5,8,10H,2-3,6-7,9H2,1H3/p+1/t10-/m1/s1. The molecule has 0 radical (unpaired) electrons. The van der Waals surface area contributed by atoms with Gasteiger partial charge in [-0.15, -0.1) is 0 Å². The Morgan fingerprint density at radius 1 is 1.37 bits per heavy atom. The fraction of sp³-hybridized carbons (Fsp3) is 0.500. The Morgan fingerprint density at radius 2 is 2.05 bits per heavy atom. The molecule has 1 N–H and O–H groups in total. The van der Waals surface area contributed by atoms with Crippen molar-refractivity contribution < 1.29 is 14.4 Å². The van der Waals surface area contributed by atoms with Gasteiger partial charge in [0.2, 0.25) is 0 Å². The van der Waals surface area contributed by atoms with Gasteiger partial charge in [-0.3, -0.25) is 0 Å². The molecule has 0 aliphatic carbocycles. The number of halogens is 2. The van der Waals surface area contributed by atoms with E-state index >= 15 is 0 Å². The number of esters is 1. The normalized spacial score (nSPS) is 17.4. The molecule has 1 aromatic carbocycles. The molecule has 3 nitrogen and oxygen atoms in total. The van der Waals surface area contributed by atoms with E-state index in [1.54, 1.807) is 18.2 Å². The van der Waals surface area contributed by atoms with Crippen LogP contribution in [0.25, 0.3) is 0 Å². The molecule has 1 heterocycles. The molecule has 1 atom stereocenters. The van der Waals surface area contributed by atoms with Crippen molar-refractivity contribution in [3.63, 3.8) is 0 Å². The van der Waals surface area contributed by atoms with E-state index < -0.39 is 0 Å². The van der Waals surface area contributed by atoms with Crippen molar-refractivity contribution in [2.75, 3.05) is 19.6 Å². The zero-order chi connectivity index (χ0) is 13.8. The Morgan fingerprint density at radius 3 is 2.68 bits per heavy atom. The summed E-state index contributed by atoms with van der Waals surface area (Å²) in [7, 11) is 0. The maximum absolute atomic E-state index is 12.0. The SMILES string of the molecule is C[C@H](C[NH+]1CCCC1)OC(=O)c1ccc(Cl)cc1Cl. The summed E-state index contributed by atoms with van der Waals surface area (Å²) in [5.41, 5.74) is 0.370. The summed E-state index contributed by atoms with van der Waals surface area (Å²) in [6, 6.07) is 4.79. The predicted molar refractivity (Wildman–Crippen MR) is 76.1 cm³/mol. The van der Waals surface area contributed by atoms with Crippen LogP contribution in [0.2, 0.25) is 10.0 Å². The van der Waals surface area contributed by atoms with Crippen LogP contribution in [-0.4, -0.2) is 31.7 Å². The van der Waals surface area contributed by atoms with E-state index in [-0.39, 0.29) is 12.1 Å². The second kappa shape index (κ2) is 6.60. The number of hydrogen-bond donors (Lipinski definition) is 1. The third kappa shape index (κ3) is 4.10. The van der Waals surface area contributed by atoms with Gasteiger partial charge in [0.05, 0.1) is 23.7 Å². The molecule has 0 saturated carbocycles. The maximum atomic E-state index is 12.0. The van der Waals surface area contributed by atoms with Crippen LogP contribution in [0.5, 0.6) is 0 Å². The van der Waals surface area contributed by atoms with Crippen molar-refractivity contribution in [2.45, 2.75) is 25.9 Å². The lowest BCUT2D eigenvalue weighted by Gasteiger charge is -2.18. The Bertz CT molecular complexity index is 459. The highest BCUT2D eigenvalue weighted by atomic mass is 35.5. The largest absolute Gasteiger partial charge is 0.453 e. The minimum atomic E-state index is -0.382. The van der Waals surface area contributed by atoms with E-state index in [1.165, 1.54) is 30.8 Å². The number of carbonyl (C=O) groups is 1. The first-order valence-corrected chi connectivity index (χ1v) is 7.31. The van der Waals surface area contributed by atoms with Crippen LogP contribution in [0, 0.1) is 0 Å². The van der Waals surface area contributed by atoms with Crippen LogP contribution in [0.4, 0.5) is 0 Å². The van der Waals surface area contributed by atoms with Crippen LogP contribution < -0.4 is 4.90 Å². The minimum absolute atomic E-state index is 0.104. The first kappa shape index (κ1) is 14.6. The summed E-state index contributed by atoms with van der Waals surface area (Å²) in [5.74, 6) is -0.382. The number of nitrogens with one attached hydrogen (secondary N) is 1. The Labute approximate surface area is 123 Å². The molecule has 1 saturated heterocycles. The highest BCUT2D eigenvalue weighted by Gasteiger charge is 2.22. The van der Waals surface area contributed by atoms with Gasteiger partial charge in [0, 0.05) is 17.9 Å². The van der Waals surface area contributed by atoms with Gasteiger partial charge in [0.1, 0.15) is 12.6 Å². The van der Waals surface area contributed by atoms with Crippen molar-refractivity contribution >= 4 is 29.2 Å². The second-order valence-electron chi connectivity index (χ2n) is 5.00. The van der Waals surface area contributed by atoms with Gasteiger partial charge in [-0.05, 0) is 25.1 Å². The smallest absolute Gasteiger partial charge is 0.340 e. The molecule has 0 spiro atoms. The van der Waals surface area contributed by atoms with E-state index in [0.717, 1.165) is 6.54 Å². The minimum Gasteiger partial charge on any atom is -0.453 e. The molecule has 1 aliphatic rings. The van der Waals surface area contributed by atoms with Gasteiger partial charge in [-0.25, -0.2) is 4.79 Å². The lowest BCUT2D eigenvalue weighted by molar-refractivity contribution is -0.890. The van der Waals surface area contributed by atoms with E-state index in [0.29, 0.717) is 15.6 Å². The summed E-state index contributed by atoms with van der Waals surface area (Å²) >= 11 is 11.8. The fourth-order valence-corrected chi connectivity index (χ4v) is 2.91. The summed E-state index contributed by atoms with van der Waals surface area (Å²) in [6.07, 6.45) is 2.42. The van der Waals surface area contributed by atoms with Crippen molar-refractivity contribution in [3.05, 3.63) is 33.8 Å². The maximum Gasteiger partial charge on any atom is 0.340 e. The number of likely N-dealkylation sites (tertiary alicyclic amines) is 1. The fourth-order valence-electron chi connectivity index (χ4n) is 2.43. The van der Waals surface area contributed by atoms with Crippen molar-refractivity contribution in [1.29, 1.82) is 0 Å². The summed E-state index contributed by atoms with van der Waals surface area (Å²) in [4.78, 5) is 13.5. The summed E-state index contributed by atoms with van der Waals surface area (Å²) in [5, 5.41) is 0.842. The van der Waals surface area contributed by atoms with Crippen molar-refractivity contribution in [2.24, 2.45) is 0 Å². The molecule has 104 valence electrons. The molecule has 0 aromatic heterocycles. The number of ether oxygens (including phenoxy) is 1. The molecule has 1 aromatic rings. The molecule has 0 bridgehead atoms. The van der Waals surface area contributed by atoms with E-state index in [9.17, 15) is 4.79 Å². The molecule has 0 amide bonds. The quantitative estimate of drug-likeness (QED) is 0.865. The third-order valence-corrected chi connectivity index (χ3v) is 3.89. The van der Waals surface area contributed by atoms with Gasteiger partial charge in [0.15, 0.2) is 0 Å². The van der Waals surface area contributed by atoms with Crippen LogP contribution in [0.3, 0.4) is 0 Å². The molecule has 2 rings (SSSR count). The number of carbonyl (C=O) groups excluding carboxylic acids is 1. The molecule has 1 fully saturated rings. The molecule has 5 heteroatoms. The molecule has 19 heavy (non-hydrogen) atoms. The Hall–Kier alpha value is -0.770. The van der Waals surface area contributed by atoms with Gasteiger partial charge >= 0.3 is 5.97 Å². The first-order chi connectivity index (χ1) is 9.06. The Kier molecular flexibility index (Phi) is 5.08. The third-order valence-electron chi connectivity index (χ3n) is 3.35. The van der Waals surface area contributed by atoms with Crippen molar-refractivity contribution in [1.82, 2.24) is 0 Å². The van der Waals surface area contributed by atoms with E-state index in [1.807, 2.05) is 6.92 Å². The molecule has 1 aliphatic heterocycles. The van der Waals surface area contributed by atoms with Gasteiger partial charge < -0.3 is 9.64 Å². The van der Waals surface area contributed by atoms with E-state index in [2.05, 4.69) is 0 Å². The topological polar surface area (TPSA) is 30.7 Å². The van der Waals surface area contributed by atoms with Crippen LogP contribution in [0.1, 0.15) is 30.1 Å². The van der Waals surface area contributed by atoms with Crippen molar-refractivity contribution in [3.8, 4) is 0 Å². The lowest BCUT2D eigenvalue weighted by Crippen LogP contribution is -3.11. The Balaban J connectivity index is 1.92. The average molecular weight is 303 g/mol. The lowest BCUT2D eigenvalue weighted by atomic mass is 10.2. The molecule has 0 unspecified atom stereocenters. The van der Waals surface area contributed by atoms with E-state index in [4.69, 9.17) is 27.9 Å². The van der Waals surface area contributed by atoms with Gasteiger partial charge in [-0.1, -0.05) is 23.2 Å². The van der Waals surface area contributed by atoms with Crippen LogP contribution in [-0.2, 0) is 4.74 Å². The van der Waals surface area contributed by atoms with Crippen LogP contribution >= 0.6 is 23.2 Å². The zero-order valence-corrected chi connectivity index (χ0v) is 12.4. The average Bonchev–Trinajstić information content (AvgIpc) is 2.81. The number of quaternary nitrogens is 1. The zero-order valence-electron chi connectivity index (χ0n) is 10.9. The highest BCUT2D eigenvalue weighted by molar-refractivity contribution is 6.36. The van der Waals surface area contributed by atoms with Gasteiger partial charge in [0.25, 0.3) is 0 Å².